The average molecular weight is 230 g/mol. The van der Waals surface area contributed by atoms with Gasteiger partial charge in [0.05, 0.1) is 0 Å². The zero-order valence-corrected chi connectivity index (χ0v) is 10.8. The number of hydrogen-bond acceptors (Lipinski definition) is 2. The molecule has 2 unspecified atom stereocenters. The summed E-state index contributed by atoms with van der Waals surface area (Å²) in [5.74, 6) is 0. The summed E-state index contributed by atoms with van der Waals surface area (Å²) in [4.78, 5) is 2.28. The van der Waals surface area contributed by atoms with Crippen molar-refractivity contribution in [2.75, 3.05) is 14.1 Å². The third-order valence-electron chi connectivity index (χ3n) is 3.41. The molecule has 1 aliphatic carbocycles. The molecule has 2 atom stereocenters. The summed E-state index contributed by atoms with van der Waals surface area (Å²) < 4.78 is 0. The molecule has 0 spiro atoms. The van der Waals surface area contributed by atoms with Crippen LogP contribution in [0.1, 0.15) is 18.4 Å². The number of rotatable bonds is 4. The van der Waals surface area contributed by atoms with Gasteiger partial charge in [-0.2, -0.15) is 0 Å². The van der Waals surface area contributed by atoms with Gasteiger partial charge >= 0.3 is 0 Å². The second kappa shape index (κ2) is 5.99. The highest BCUT2D eigenvalue weighted by Crippen LogP contribution is 2.15. The molecule has 0 heterocycles. The average Bonchev–Trinajstić information content (AvgIpc) is 2.38. The minimum Gasteiger partial charge on any atom is -0.306 e. The van der Waals surface area contributed by atoms with E-state index in [1.54, 1.807) is 0 Å². The highest BCUT2D eigenvalue weighted by atomic mass is 15.1. The molecule has 0 radical (unpaired) electrons. The third kappa shape index (κ3) is 3.69. The maximum atomic E-state index is 3.59. The lowest BCUT2D eigenvalue weighted by molar-refractivity contribution is 0.303. The van der Waals surface area contributed by atoms with E-state index in [9.17, 15) is 0 Å². The molecule has 1 N–H and O–H groups in total. The van der Waals surface area contributed by atoms with Crippen molar-refractivity contribution < 1.29 is 0 Å². The third-order valence-corrected chi connectivity index (χ3v) is 3.41. The lowest BCUT2D eigenvalue weighted by atomic mass is 9.98. The number of hydrogen-bond donors (Lipinski definition) is 1. The van der Waals surface area contributed by atoms with Crippen LogP contribution in [0, 0.1) is 0 Å². The Balaban J connectivity index is 1.80. The van der Waals surface area contributed by atoms with Gasteiger partial charge in [-0.25, -0.2) is 0 Å². The van der Waals surface area contributed by atoms with E-state index in [1.807, 2.05) is 0 Å². The van der Waals surface area contributed by atoms with E-state index in [0.29, 0.717) is 12.1 Å². The lowest BCUT2D eigenvalue weighted by Gasteiger charge is -2.28. The van der Waals surface area contributed by atoms with Crippen molar-refractivity contribution in [3.63, 3.8) is 0 Å². The molecule has 2 nitrogen and oxygen atoms in total. The first-order chi connectivity index (χ1) is 8.25. The molecule has 0 amide bonds. The van der Waals surface area contributed by atoms with E-state index in [2.05, 4.69) is 66.8 Å². The molecular formula is C15H22N2. The molecule has 0 fully saturated rings. The normalized spacial score (nSPS) is 24.2. The van der Waals surface area contributed by atoms with Crippen LogP contribution >= 0.6 is 0 Å². The van der Waals surface area contributed by atoms with E-state index < -0.39 is 0 Å². The first kappa shape index (κ1) is 12.3. The molecule has 1 aromatic carbocycles. The highest BCUT2D eigenvalue weighted by Gasteiger charge is 2.16. The summed E-state index contributed by atoms with van der Waals surface area (Å²) in [6.07, 6.45) is 7.12. The minimum absolute atomic E-state index is 0.534. The second-order valence-electron chi connectivity index (χ2n) is 4.97. The van der Waals surface area contributed by atoms with Crippen LogP contribution in [0.25, 0.3) is 0 Å². The van der Waals surface area contributed by atoms with Gasteiger partial charge in [-0.05, 0) is 32.5 Å². The minimum atomic E-state index is 0.534. The van der Waals surface area contributed by atoms with Crippen LogP contribution in [-0.4, -0.2) is 31.1 Å². The fraction of sp³-hybridized carbons (Fsp3) is 0.467. The van der Waals surface area contributed by atoms with E-state index >= 15 is 0 Å². The van der Waals surface area contributed by atoms with Gasteiger partial charge in [-0.1, -0.05) is 42.5 Å². The van der Waals surface area contributed by atoms with Crippen LogP contribution < -0.4 is 5.32 Å². The summed E-state index contributed by atoms with van der Waals surface area (Å²) in [5, 5.41) is 3.59. The summed E-state index contributed by atoms with van der Waals surface area (Å²) in [5.41, 5.74) is 1.36. The smallest absolute Gasteiger partial charge is 0.0273 e. The Labute approximate surface area is 104 Å². The van der Waals surface area contributed by atoms with Crippen LogP contribution in [0.15, 0.2) is 42.5 Å². The Morgan fingerprint density at radius 3 is 2.47 bits per heavy atom. The zero-order chi connectivity index (χ0) is 12.1. The fourth-order valence-electron chi connectivity index (χ4n) is 2.25. The molecule has 0 aliphatic heterocycles. The van der Waals surface area contributed by atoms with Crippen molar-refractivity contribution in [2.45, 2.75) is 31.5 Å². The molecule has 0 saturated carbocycles. The molecule has 0 bridgehead atoms. The van der Waals surface area contributed by atoms with Crippen molar-refractivity contribution >= 4 is 0 Å². The summed E-state index contributed by atoms with van der Waals surface area (Å²) in [6.45, 7) is 0.961. The number of likely N-dealkylation sites (N-methyl/N-ethyl adjacent to an activating group) is 1. The van der Waals surface area contributed by atoms with Gasteiger partial charge in [0.25, 0.3) is 0 Å². The Bertz CT molecular complexity index is 356. The summed E-state index contributed by atoms with van der Waals surface area (Å²) in [7, 11) is 4.29. The topological polar surface area (TPSA) is 15.3 Å². The van der Waals surface area contributed by atoms with E-state index in [4.69, 9.17) is 0 Å². The van der Waals surface area contributed by atoms with Crippen molar-refractivity contribution in [3.8, 4) is 0 Å². The van der Waals surface area contributed by atoms with Crippen LogP contribution in [0.4, 0.5) is 0 Å². The Morgan fingerprint density at radius 2 is 1.88 bits per heavy atom. The lowest BCUT2D eigenvalue weighted by Crippen LogP contribution is -2.35. The molecule has 1 aliphatic rings. The van der Waals surface area contributed by atoms with E-state index in [1.165, 1.54) is 18.4 Å². The number of benzene rings is 1. The Morgan fingerprint density at radius 1 is 1.12 bits per heavy atom. The first-order valence-corrected chi connectivity index (χ1v) is 6.38. The largest absolute Gasteiger partial charge is 0.306 e. The zero-order valence-electron chi connectivity index (χ0n) is 10.8. The van der Waals surface area contributed by atoms with Crippen molar-refractivity contribution in [1.82, 2.24) is 10.2 Å². The quantitative estimate of drug-likeness (QED) is 0.799. The van der Waals surface area contributed by atoms with Gasteiger partial charge in [0.1, 0.15) is 0 Å². The molecule has 2 heteroatoms. The van der Waals surface area contributed by atoms with Crippen molar-refractivity contribution in [1.29, 1.82) is 0 Å². The van der Waals surface area contributed by atoms with Crippen LogP contribution in [-0.2, 0) is 6.54 Å². The van der Waals surface area contributed by atoms with Crippen molar-refractivity contribution in [3.05, 3.63) is 48.0 Å². The van der Waals surface area contributed by atoms with Gasteiger partial charge in [0.2, 0.25) is 0 Å². The van der Waals surface area contributed by atoms with Crippen molar-refractivity contribution in [2.24, 2.45) is 0 Å². The van der Waals surface area contributed by atoms with E-state index in [0.717, 1.165) is 6.54 Å². The standard InChI is InChI=1S/C15H22N2/c1-17(2)15-10-8-14(9-11-15)16-12-13-6-4-3-5-7-13/h3-8,10,14-16H,9,11-12H2,1-2H3. The van der Waals surface area contributed by atoms with Gasteiger partial charge in [-0.3, -0.25) is 0 Å². The maximum absolute atomic E-state index is 3.59. The molecule has 17 heavy (non-hydrogen) atoms. The molecule has 2 rings (SSSR count). The molecule has 0 aromatic heterocycles. The maximum Gasteiger partial charge on any atom is 0.0273 e. The monoisotopic (exact) mass is 230 g/mol. The molecule has 92 valence electrons. The van der Waals surface area contributed by atoms with Crippen LogP contribution in [0.5, 0.6) is 0 Å². The molecular weight excluding hydrogens is 208 g/mol. The number of nitrogens with one attached hydrogen (secondary N) is 1. The van der Waals surface area contributed by atoms with Gasteiger partial charge < -0.3 is 10.2 Å². The highest BCUT2D eigenvalue weighted by molar-refractivity contribution is 5.15. The SMILES string of the molecule is CN(C)C1C=CC(NCc2ccccc2)CC1. The van der Waals surface area contributed by atoms with E-state index in [-0.39, 0.29) is 0 Å². The first-order valence-electron chi connectivity index (χ1n) is 6.38. The predicted octanol–water partition coefficient (Wildman–Crippen LogP) is 2.42. The molecule has 1 aromatic rings. The number of nitrogens with zero attached hydrogens (tertiary/aromatic N) is 1. The van der Waals surface area contributed by atoms with Crippen LogP contribution in [0.3, 0.4) is 0 Å². The van der Waals surface area contributed by atoms with Gasteiger partial charge in [-0.15, -0.1) is 0 Å². The second-order valence-corrected chi connectivity index (χ2v) is 4.97. The van der Waals surface area contributed by atoms with Crippen LogP contribution in [0.2, 0.25) is 0 Å². The Hall–Kier alpha value is -1.12. The van der Waals surface area contributed by atoms with Gasteiger partial charge in [0.15, 0.2) is 0 Å². The summed E-state index contributed by atoms with van der Waals surface area (Å²) >= 11 is 0. The Kier molecular flexibility index (Phi) is 4.35. The summed E-state index contributed by atoms with van der Waals surface area (Å²) in [6, 6.07) is 11.7. The molecule has 0 saturated heterocycles. The van der Waals surface area contributed by atoms with Gasteiger partial charge in [0, 0.05) is 18.6 Å². The fourth-order valence-corrected chi connectivity index (χ4v) is 2.25. The predicted molar refractivity (Wildman–Crippen MR) is 72.9 cm³/mol.